The summed E-state index contributed by atoms with van der Waals surface area (Å²) in [6.07, 6.45) is 5.04. The van der Waals surface area contributed by atoms with Gasteiger partial charge < -0.3 is 9.84 Å². The SMILES string of the molecule is COC1CC=C(C)C=C1C(CC(=O)O)c1ccccc1. The quantitative estimate of drug-likeness (QED) is 0.891. The van der Waals surface area contributed by atoms with Crippen LogP contribution in [0.3, 0.4) is 0 Å². The molecule has 0 bridgehead atoms. The normalized spacial score (nSPS) is 20.0. The van der Waals surface area contributed by atoms with Gasteiger partial charge >= 0.3 is 5.97 Å². The van der Waals surface area contributed by atoms with Crippen molar-refractivity contribution in [2.24, 2.45) is 0 Å². The van der Waals surface area contributed by atoms with Crippen molar-refractivity contribution >= 4 is 5.97 Å². The van der Waals surface area contributed by atoms with Gasteiger partial charge in [0, 0.05) is 13.0 Å². The molecule has 0 radical (unpaired) electrons. The average molecular weight is 272 g/mol. The number of hydrogen-bond donors (Lipinski definition) is 1. The Morgan fingerprint density at radius 1 is 1.40 bits per heavy atom. The third-order valence-electron chi connectivity index (χ3n) is 3.69. The Bertz CT molecular complexity index is 528. The van der Waals surface area contributed by atoms with E-state index in [0.717, 1.165) is 17.6 Å². The second-order valence-electron chi connectivity index (χ2n) is 5.11. The Morgan fingerprint density at radius 3 is 2.70 bits per heavy atom. The van der Waals surface area contributed by atoms with E-state index in [-0.39, 0.29) is 18.4 Å². The molecule has 1 aromatic carbocycles. The molecule has 0 heterocycles. The fraction of sp³-hybridized carbons (Fsp3) is 0.353. The summed E-state index contributed by atoms with van der Waals surface area (Å²) in [5.41, 5.74) is 3.25. The van der Waals surface area contributed by atoms with Crippen molar-refractivity contribution in [1.29, 1.82) is 0 Å². The molecular weight excluding hydrogens is 252 g/mol. The molecule has 20 heavy (non-hydrogen) atoms. The number of carbonyl (C=O) groups is 1. The maximum Gasteiger partial charge on any atom is 0.304 e. The summed E-state index contributed by atoms with van der Waals surface area (Å²) >= 11 is 0. The molecule has 0 saturated carbocycles. The second-order valence-corrected chi connectivity index (χ2v) is 5.11. The summed E-state index contributed by atoms with van der Waals surface area (Å²) in [6.45, 7) is 2.04. The molecule has 0 saturated heterocycles. The minimum absolute atomic E-state index is 0.0387. The highest BCUT2D eigenvalue weighted by Gasteiger charge is 2.27. The third-order valence-corrected chi connectivity index (χ3v) is 3.69. The Morgan fingerprint density at radius 2 is 2.10 bits per heavy atom. The van der Waals surface area contributed by atoms with Crippen LogP contribution in [0.5, 0.6) is 0 Å². The maximum atomic E-state index is 11.2. The monoisotopic (exact) mass is 272 g/mol. The number of rotatable bonds is 5. The van der Waals surface area contributed by atoms with Crippen LogP contribution in [0.15, 0.2) is 53.6 Å². The molecule has 2 atom stereocenters. The number of methoxy groups -OCH3 is 1. The van der Waals surface area contributed by atoms with Crippen molar-refractivity contribution in [3.63, 3.8) is 0 Å². The summed E-state index contributed by atoms with van der Waals surface area (Å²) in [5, 5.41) is 9.22. The van der Waals surface area contributed by atoms with Gasteiger partial charge in [-0.1, -0.05) is 48.1 Å². The summed E-state index contributed by atoms with van der Waals surface area (Å²) in [5.74, 6) is -0.927. The standard InChI is InChI=1S/C17H20O3/c1-12-8-9-16(20-2)15(10-12)14(11-17(18)19)13-6-4-3-5-7-13/h3-8,10,14,16H,9,11H2,1-2H3,(H,18,19). The van der Waals surface area contributed by atoms with Crippen LogP contribution in [0, 0.1) is 0 Å². The maximum absolute atomic E-state index is 11.2. The molecule has 2 unspecified atom stereocenters. The van der Waals surface area contributed by atoms with E-state index in [4.69, 9.17) is 4.74 Å². The first-order chi connectivity index (χ1) is 9.61. The van der Waals surface area contributed by atoms with Gasteiger partial charge in [-0.15, -0.1) is 0 Å². The van der Waals surface area contributed by atoms with Gasteiger partial charge in [0.1, 0.15) is 0 Å². The van der Waals surface area contributed by atoms with Gasteiger partial charge in [0.15, 0.2) is 0 Å². The van der Waals surface area contributed by atoms with Crippen LogP contribution < -0.4 is 0 Å². The van der Waals surface area contributed by atoms with Crippen molar-refractivity contribution in [1.82, 2.24) is 0 Å². The van der Waals surface area contributed by atoms with E-state index in [0.29, 0.717) is 0 Å². The zero-order valence-corrected chi connectivity index (χ0v) is 11.9. The van der Waals surface area contributed by atoms with Gasteiger partial charge in [0.05, 0.1) is 12.5 Å². The van der Waals surface area contributed by atoms with Crippen molar-refractivity contribution in [3.05, 3.63) is 59.2 Å². The highest BCUT2D eigenvalue weighted by atomic mass is 16.5. The highest BCUT2D eigenvalue weighted by molar-refractivity contribution is 5.69. The Balaban J connectivity index is 2.40. The summed E-state index contributed by atoms with van der Waals surface area (Å²) < 4.78 is 5.53. The Kier molecular flexibility index (Phi) is 4.74. The van der Waals surface area contributed by atoms with Crippen LogP contribution in [0.25, 0.3) is 0 Å². The predicted molar refractivity (Wildman–Crippen MR) is 78.7 cm³/mol. The number of aliphatic carboxylic acids is 1. The largest absolute Gasteiger partial charge is 0.481 e. The fourth-order valence-corrected chi connectivity index (χ4v) is 2.69. The molecule has 1 aliphatic carbocycles. The fourth-order valence-electron chi connectivity index (χ4n) is 2.69. The van der Waals surface area contributed by atoms with Crippen molar-refractivity contribution in [2.75, 3.05) is 7.11 Å². The van der Waals surface area contributed by atoms with Crippen LogP contribution in [0.2, 0.25) is 0 Å². The molecule has 3 nitrogen and oxygen atoms in total. The van der Waals surface area contributed by atoms with Gasteiger partial charge in [-0.25, -0.2) is 0 Å². The third kappa shape index (κ3) is 3.36. The number of allylic oxidation sites excluding steroid dienone is 2. The van der Waals surface area contributed by atoms with Crippen molar-refractivity contribution < 1.29 is 14.6 Å². The van der Waals surface area contributed by atoms with E-state index in [1.807, 2.05) is 37.3 Å². The van der Waals surface area contributed by atoms with Gasteiger partial charge in [0.2, 0.25) is 0 Å². The molecule has 1 aromatic rings. The summed E-state index contributed by atoms with van der Waals surface area (Å²) in [6, 6.07) is 9.79. The number of benzene rings is 1. The van der Waals surface area contributed by atoms with Crippen LogP contribution in [0.4, 0.5) is 0 Å². The van der Waals surface area contributed by atoms with E-state index in [1.54, 1.807) is 7.11 Å². The van der Waals surface area contributed by atoms with Gasteiger partial charge in [-0.2, -0.15) is 0 Å². The molecule has 1 aliphatic rings. The summed E-state index contributed by atoms with van der Waals surface area (Å²) in [7, 11) is 1.68. The number of carboxylic acid groups (broad SMARTS) is 1. The van der Waals surface area contributed by atoms with E-state index in [2.05, 4.69) is 12.2 Å². The molecule has 0 fully saturated rings. The smallest absolute Gasteiger partial charge is 0.304 e. The van der Waals surface area contributed by atoms with Crippen LogP contribution in [-0.2, 0) is 9.53 Å². The minimum Gasteiger partial charge on any atom is -0.481 e. The molecule has 106 valence electrons. The Labute approximate surface area is 119 Å². The van der Waals surface area contributed by atoms with E-state index < -0.39 is 5.97 Å². The predicted octanol–water partition coefficient (Wildman–Crippen LogP) is 3.54. The lowest BCUT2D eigenvalue weighted by atomic mass is 9.81. The molecule has 1 N–H and O–H groups in total. The highest BCUT2D eigenvalue weighted by Crippen LogP contribution is 2.35. The van der Waals surface area contributed by atoms with Gasteiger partial charge in [0.25, 0.3) is 0 Å². The van der Waals surface area contributed by atoms with Crippen molar-refractivity contribution in [3.8, 4) is 0 Å². The van der Waals surface area contributed by atoms with E-state index >= 15 is 0 Å². The number of hydrogen-bond acceptors (Lipinski definition) is 2. The molecule has 3 heteroatoms. The zero-order valence-electron chi connectivity index (χ0n) is 11.9. The van der Waals surface area contributed by atoms with Gasteiger partial charge in [-0.3, -0.25) is 4.79 Å². The van der Waals surface area contributed by atoms with Gasteiger partial charge in [-0.05, 0) is 24.5 Å². The van der Waals surface area contributed by atoms with Crippen LogP contribution >= 0.6 is 0 Å². The average Bonchev–Trinajstić information content (AvgIpc) is 2.45. The molecule has 0 amide bonds. The Hall–Kier alpha value is -1.87. The van der Waals surface area contributed by atoms with Crippen LogP contribution in [0.1, 0.15) is 31.2 Å². The molecule has 0 spiro atoms. The lowest BCUT2D eigenvalue weighted by molar-refractivity contribution is -0.137. The number of ether oxygens (including phenoxy) is 1. The number of carboxylic acids is 1. The van der Waals surface area contributed by atoms with Crippen LogP contribution in [-0.4, -0.2) is 24.3 Å². The van der Waals surface area contributed by atoms with Crippen molar-refractivity contribution in [2.45, 2.75) is 31.8 Å². The minimum atomic E-state index is -0.790. The first kappa shape index (κ1) is 14.5. The molecular formula is C17H20O3. The first-order valence-corrected chi connectivity index (χ1v) is 6.79. The van der Waals surface area contributed by atoms with E-state index in [1.165, 1.54) is 5.57 Å². The molecule has 0 aliphatic heterocycles. The first-order valence-electron chi connectivity index (χ1n) is 6.79. The van der Waals surface area contributed by atoms with E-state index in [9.17, 15) is 9.90 Å². The lowest BCUT2D eigenvalue weighted by Gasteiger charge is -2.28. The summed E-state index contributed by atoms with van der Waals surface area (Å²) in [4.78, 5) is 11.2. The lowest BCUT2D eigenvalue weighted by Crippen LogP contribution is -2.23. The zero-order chi connectivity index (χ0) is 14.5. The topological polar surface area (TPSA) is 46.5 Å². The molecule has 0 aromatic heterocycles. The second kappa shape index (κ2) is 6.53. The molecule has 2 rings (SSSR count).